The Balaban J connectivity index is 2.62. The van der Waals surface area contributed by atoms with Gasteiger partial charge in [0, 0.05) is 26.4 Å². The van der Waals surface area contributed by atoms with Gasteiger partial charge in [-0.15, -0.1) is 11.6 Å². The number of halogens is 1. The van der Waals surface area contributed by atoms with E-state index >= 15 is 0 Å². The molecule has 1 heterocycles. The molecule has 1 N–H and O–H groups in total. The largest absolute Gasteiger partial charge is 0.383 e. The van der Waals surface area contributed by atoms with Gasteiger partial charge in [-0.05, 0) is 6.92 Å². The van der Waals surface area contributed by atoms with E-state index in [1.165, 1.54) is 19.6 Å². The molecular weight excluding hydrogens is 266 g/mol. The summed E-state index contributed by atoms with van der Waals surface area (Å²) in [6.45, 7) is 2.97. The first-order valence-corrected chi connectivity index (χ1v) is 7.06. The zero-order valence-electron chi connectivity index (χ0n) is 9.76. The van der Waals surface area contributed by atoms with Crippen LogP contribution in [0.4, 0.5) is 0 Å². The van der Waals surface area contributed by atoms with Crippen molar-refractivity contribution in [2.75, 3.05) is 20.3 Å². The SMILES string of the molecule is CCn1cnc(S(=O)(=O)NCC(Cl)COC)c1. The summed E-state index contributed by atoms with van der Waals surface area (Å²) in [7, 11) is -2.08. The Bertz CT molecular complexity index is 446. The molecule has 1 unspecified atom stereocenters. The minimum absolute atomic E-state index is 0.000587. The lowest BCUT2D eigenvalue weighted by atomic mass is 10.5. The second-order valence-electron chi connectivity index (χ2n) is 3.45. The van der Waals surface area contributed by atoms with Crippen molar-refractivity contribution in [1.29, 1.82) is 0 Å². The van der Waals surface area contributed by atoms with Crippen LogP contribution >= 0.6 is 11.6 Å². The third-order valence-electron chi connectivity index (χ3n) is 2.09. The van der Waals surface area contributed by atoms with Crippen molar-refractivity contribution >= 4 is 21.6 Å². The predicted molar refractivity (Wildman–Crippen MR) is 64.6 cm³/mol. The highest BCUT2D eigenvalue weighted by atomic mass is 35.5. The Kier molecular flexibility index (Phi) is 5.38. The second-order valence-corrected chi connectivity index (χ2v) is 5.78. The van der Waals surface area contributed by atoms with E-state index in [-0.39, 0.29) is 18.2 Å². The highest BCUT2D eigenvalue weighted by molar-refractivity contribution is 7.89. The summed E-state index contributed by atoms with van der Waals surface area (Å²) < 4.78 is 32.4. The van der Waals surface area contributed by atoms with Gasteiger partial charge >= 0.3 is 0 Å². The number of sulfonamides is 1. The third-order valence-corrected chi connectivity index (χ3v) is 3.68. The summed E-state index contributed by atoms with van der Waals surface area (Å²) in [5, 5.41) is -0.399. The number of hydrogen-bond acceptors (Lipinski definition) is 4. The number of nitrogens with zero attached hydrogens (tertiary/aromatic N) is 2. The van der Waals surface area contributed by atoms with E-state index in [0.717, 1.165) is 0 Å². The Morgan fingerprint density at radius 1 is 1.65 bits per heavy atom. The number of hydrogen-bond donors (Lipinski definition) is 1. The summed E-state index contributed by atoms with van der Waals surface area (Å²) in [5.41, 5.74) is 0. The average Bonchev–Trinajstić information content (AvgIpc) is 2.76. The van der Waals surface area contributed by atoms with Crippen molar-refractivity contribution in [2.45, 2.75) is 23.9 Å². The molecule has 0 aromatic carbocycles. The number of imidazole rings is 1. The number of ether oxygens (including phenoxy) is 1. The van der Waals surface area contributed by atoms with Crippen LogP contribution < -0.4 is 4.72 Å². The molecule has 0 amide bonds. The summed E-state index contributed by atoms with van der Waals surface area (Å²) in [4.78, 5) is 3.82. The summed E-state index contributed by atoms with van der Waals surface area (Å²) in [6.07, 6.45) is 2.95. The van der Waals surface area contributed by atoms with Crippen LogP contribution in [0.2, 0.25) is 0 Å². The smallest absolute Gasteiger partial charge is 0.259 e. The number of alkyl halides is 1. The molecule has 6 nitrogen and oxygen atoms in total. The van der Waals surface area contributed by atoms with E-state index in [2.05, 4.69) is 9.71 Å². The Morgan fingerprint density at radius 2 is 2.35 bits per heavy atom. The van der Waals surface area contributed by atoms with Crippen LogP contribution in [-0.4, -0.2) is 43.6 Å². The maximum Gasteiger partial charge on any atom is 0.259 e. The van der Waals surface area contributed by atoms with Crippen molar-refractivity contribution in [3.8, 4) is 0 Å². The van der Waals surface area contributed by atoms with Gasteiger partial charge in [-0.2, -0.15) is 0 Å². The van der Waals surface area contributed by atoms with E-state index in [0.29, 0.717) is 6.54 Å². The van der Waals surface area contributed by atoms with Crippen LogP contribution in [0.25, 0.3) is 0 Å². The first-order valence-electron chi connectivity index (χ1n) is 5.14. The van der Waals surface area contributed by atoms with Gasteiger partial charge in [-0.3, -0.25) is 0 Å². The van der Waals surface area contributed by atoms with Crippen LogP contribution in [0, 0.1) is 0 Å². The zero-order chi connectivity index (χ0) is 12.9. The molecule has 1 atom stereocenters. The fourth-order valence-corrected chi connectivity index (χ4v) is 2.49. The van der Waals surface area contributed by atoms with Gasteiger partial charge in [0.2, 0.25) is 0 Å². The maximum absolute atomic E-state index is 11.8. The molecule has 0 saturated heterocycles. The number of nitrogens with one attached hydrogen (secondary N) is 1. The average molecular weight is 282 g/mol. The molecule has 1 rings (SSSR count). The number of aromatic nitrogens is 2. The van der Waals surface area contributed by atoms with Crippen LogP contribution in [-0.2, 0) is 21.3 Å². The molecular formula is C9H16ClN3O3S. The first-order chi connectivity index (χ1) is 7.99. The van der Waals surface area contributed by atoms with E-state index in [9.17, 15) is 8.42 Å². The second kappa shape index (κ2) is 6.34. The standard InChI is InChI=1S/C9H16ClN3O3S/c1-3-13-5-9(11-7-13)17(14,15)12-4-8(10)6-16-2/h5,7-8,12H,3-4,6H2,1-2H3. The highest BCUT2D eigenvalue weighted by Gasteiger charge is 2.18. The predicted octanol–water partition coefficient (Wildman–Crippen LogP) is 0.435. The molecule has 0 bridgehead atoms. The Hall–Kier alpha value is -0.630. The van der Waals surface area contributed by atoms with Crippen molar-refractivity contribution in [2.24, 2.45) is 0 Å². The Labute approximate surface area is 106 Å². The topological polar surface area (TPSA) is 73.2 Å². The van der Waals surface area contributed by atoms with Crippen LogP contribution in [0.3, 0.4) is 0 Å². The molecule has 8 heteroatoms. The molecule has 0 spiro atoms. The maximum atomic E-state index is 11.8. The summed E-state index contributed by atoms with van der Waals surface area (Å²) in [6, 6.07) is 0. The molecule has 0 fully saturated rings. The minimum atomic E-state index is -3.58. The zero-order valence-corrected chi connectivity index (χ0v) is 11.3. The van der Waals surface area contributed by atoms with Crippen molar-refractivity contribution < 1.29 is 13.2 Å². The quantitative estimate of drug-likeness (QED) is 0.736. The fraction of sp³-hybridized carbons (Fsp3) is 0.667. The van der Waals surface area contributed by atoms with Gasteiger partial charge in [-0.1, -0.05) is 0 Å². The molecule has 0 saturated carbocycles. The third kappa shape index (κ3) is 4.27. The summed E-state index contributed by atoms with van der Waals surface area (Å²) in [5.74, 6) is 0. The van der Waals surface area contributed by atoms with Crippen LogP contribution in [0.15, 0.2) is 17.6 Å². The molecule has 0 aliphatic heterocycles. The monoisotopic (exact) mass is 281 g/mol. The van der Waals surface area contributed by atoms with Gasteiger partial charge in [0.15, 0.2) is 5.03 Å². The first kappa shape index (κ1) is 14.4. The Morgan fingerprint density at radius 3 is 2.88 bits per heavy atom. The lowest BCUT2D eigenvalue weighted by Gasteiger charge is -2.08. The van der Waals surface area contributed by atoms with E-state index in [4.69, 9.17) is 16.3 Å². The van der Waals surface area contributed by atoms with E-state index < -0.39 is 15.4 Å². The number of methoxy groups -OCH3 is 1. The molecule has 1 aromatic heterocycles. The molecule has 0 aliphatic rings. The van der Waals surface area contributed by atoms with Gasteiger partial charge in [0.25, 0.3) is 10.0 Å². The molecule has 0 radical (unpaired) electrons. The van der Waals surface area contributed by atoms with Crippen molar-refractivity contribution in [1.82, 2.24) is 14.3 Å². The lowest BCUT2D eigenvalue weighted by molar-refractivity contribution is 0.198. The number of rotatable bonds is 7. The van der Waals surface area contributed by atoms with Crippen molar-refractivity contribution in [3.05, 3.63) is 12.5 Å². The van der Waals surface area contributed by atoms with E-state index in [1.807, 2.05) is 6.92 Å². The summed E-state index contributed by atoms with van der Waals surface area (Å²) >= 11 is 5.83. The van der Waals surface area contributed by atoms with Gasteiger partial charge in [0.05, 0.1) is 18.3 Å². The fourth-order valence-electron chi connectivity index (χ4n) is 1.17. The number of aryl methyl sites for hydroxylation is 1. The van der Waals surface area contributed by atoms with Gasteiger partial charge < -0.3 is 9.30 Å². The highest BCUT2D eigenvalue weighted by Crippen LogP contribution is 2.05. The van der Waals surface area contributed by atoms with Gasteiger partial charge in [0.1, 0.15) is 0 Å². The molecule has 0 aliphatic carbocycles. The normalized spacial score (nSPS) is 13.8. The molecule has 1 aromatic rings. The van der Waals surface area contributed by atoms with Crippen molar-refractivity contribution in [3.63, 3.8) is 0 Å². The molecule has 98 valence electrons. The van der Waals surface area contributed by atoms with Crippen LogP contribution in [0.1, 0.15) is 6.92 Å². The lowest BCUT2D eigenvalue weighted by Crippen LogP contribution is -2.31. The van der Waals surface area contributed by atoms with E-state index in [1.54, 1.807) is 4.57 Å². The van der Waals surface area contributed by atoms with Gasteiger partial charge in [-0.25, -0.2) is 18.1 Å². The minimum Gasteiger partial charge on any atom is -0.383 e. The van der Waals surface area contributed by atoms with Crippen LogP contribution in [0.5, 0.6) is 0 Å². The molecule has 17 heavy (non-hydrogen) atoms.